The molecule has 4 rings (SSSR count). The van der Waals surface area contributed by atoms with Crippen LogP contribution in [0.25, 0.3) is 21.8 Å². The molecule has 2 heterocycles. The molecule has 0 aliphatic heterocycles. The number of hydrogen-bond donors (Lipinski definition) is 2. The molecular weight excluding hydrogens is 395 g/mol. The Labute approximate surface area is 166 Å². The van der Waals surface area contributed by atoms with Gasteiger partial charge in [-0.15, -0.1) is 0 Å². The molecule has 2 unspecified atom stereocenters. The highest BCUT2D eigenvalue weighted by Gasteiger charge is 2.52. The van der Waals surface area contributed by atoms with Crippen molar-refractivity contribution in [1.29, 1.82) is 0 Å². The Balaban J connectivity index is 2.09. The quantitative estimate of drug-likeness (QED) is 0.504. The van der Waals surface area contributed by atoms with Crippen LogP contribution >= 0.6 is 0 Å². The first-order chi connectivity index (χ1) is 13.9. The van der Waals surface area contributed by atoms with E-state index in [0.717, 1.165) is 10.8 Å². The predicted molar refractivity (Wildman–Crippen MR) is 108 cm³/mol. The van der Waals surface area contributed by atoms with E-state index in [1.165, 1.54) is 7.11 Å². The molecule has 0 amide bonds. The van der Waals surface area contributed by atoms with E-state index in [1.807, 2.05) is 0 Å². The fraction of sp³-hybridized carbons (Fsp3) is 0.200. The number of alkyl halides is 1. The summed E-state index contributed by atoms with van der Waals surface area (Å²) in [7, 11) is -3.09. The fourth-order valence-corrected chi connectivity index (χ4v) is 5.37. The molecule has 2 aromatic carbocycles. The number of ether oxygens (including phenoxy) is 1. The van der Waals surface area contributed by atoms with Crippen LogP contribution in [0.1, 0.15) is 11.1 Å². The van der Waals surface area contributed by atoms with Gasteiger partial charge >= 0.3 is 0 Å². The number of hydrogen-bond acceptors (Lipinski definition) is 5. The number of nitrogens with zero attached hydrogens (tertiary/aromatic N) is 2. The van der Waals surface area contributed by atoms with Crippen molar-refractivity contribution in [2.24, 2.45) is 5.14 Å². The lowest BCUT2D eigenvalue weighted by Crippen LogP contribution is -2.52. The van der Waals surface area contributed by atoms with Crippen molar-refractivity contribution in [3.8, 4) is 0 Å². The first-order valence-electron chi connectivity index (χ1n) is 8.82. The summed E-state index contributed by atoms with van der Waals surface area (Å²) >= 11 is 0. The van der Waals surface area contributed by atoms with E-state index in [2.05, 4.69) is 15.2 Å². The third-order valence-electron chi connectivity index (χ3n) is 5.25. The predicted octanol–water partition coefficient (Wildman–Crippen LogP) is 2.63. The average molecular weight is 414 g/mol. The molecule has 0 aliphatic carbocycles. The minimum absolute atomic E-state index is 0.299. The topological polar surface area (TPSA) is 111 Å². The Bertz CT molecular complexity index is 1270. The van der Waals surface area contributed by atoms with Crippen LogP contribution in [0.15, 0.2) is 60.9 Å². The summed E-state index contributed by atoms with van der Waals surface area (Å²) < 4.78 is 43.5. The first-order valence-corrected chi connectivity index (χ1v) is 10.4. The summed E-state index contributed by atoms with van der Waals surface area (Å²) in [6, 6.07) is 13.4. The molecule has 29 heavy (non-hydrogen) atoms. The number of methoxy groups -OCH3 is 1. The number of pyridine rings is 1. The van der Waals surface area contributed by atoms with Gasteiger partial charge in [0.25, 0.3) is 0 Å². The maximum Gasteiger partial charge on any atom is 0.226 e. The van der Waals surface area contributed by atoms with E-state index in [4.69, 9.17) is 9.88 Å². The molecule has 0 bridgehead atoms. The molecule has 2 atom stereocenters. The number of halogens is 1. The van der Waals surface area contributed by atoms with Gasteiger partial charge in [0.2, 0.25) is 10.0 Å². The first kappa shape index (κ1) is 19.4. The summed E-state index contributed by atoms with van der Waals surface area (Å²) in [5.41, 5.74) is 1.24. The lowest BCUT2D eigenvalue weighted by Gasteiger charge is -2.37. The molecule has 0 spiro atoms. The zero-order chi connectivity index (χ0) is 20.6. The molecular formula is C20H19FN4O3S. The van der Waals surface area contributed by atoms with E-state index in [-0.39, 0.29) is 0 Å². The molecule has 150 valence electrons. The average Bonchev–Trinajstić information content (AvgIpc) is 3.20. The number of rotatable bonds is 6. The highest BCUT2D eigenvalue weighted by Crippen LogP contribution is 2.42. The number of nitrogens with two attached hydrogens (primary N) is 1. The normalized spacial score (nSPS) is 15.4. The number of fused-ring (bicyclic) bond motifs is 3. The van der Waals surface area contributed by atoms with Gasteiger partial charge in [0.15, 0.2) is 10.4 Å². The second-order valence-electron chi connectivity index (χ2n) is 6.72. The standard InChI is InChI=1S/C20H19FN4O3S/c1-28-18(10-21)20(29(22,26)27,14-5-3-2-4-6-14)15-7-8-16-13(9-15)11-23-19-17(16)12-24-25-19/h2-9,11-12,18H,10H2,1H3,(H2,22,26,27)(H,23,24,25). The van der Waals surface area contributed by atoms with Gasteiger partial charge in [-0.25, -0.2) is 22.9 Å². The molecule has 7 nitrogen and oxygen atoms in total. The minimum Gasteiger partial charge on any atom is -0.376 e. The van der Waals surface area contributed by atoms with Crippen molar-refractivity contribution < 1.29 is 17.5 Å². The van der Waals surface area contributed by atoms with Crippen molar-refractivity contribution in [1.82, 2.24) is 15.2 Å². The summed E-state index contributed by atoms with van der Waals surface area (Å²) in [6.45, 7) is -1.04. The Morgan fingerprint density at radius 2 is 1.90 bits per heavy atom. The van der Waals surface area contributed by atoms with Gasteiger partial charge in [-0.3, -0.25) is 5.10 Å². The van der Waals surface area contributed by atoms with E-state index < -0.39 is 27.5 Å². The van der Waals surface area contributed by atoms with Crippen molar-refractivity contribution >= 4 is 31.8 Å². The highest BCUT2D eigenvalue weighted by atomic mass is 32.2. The van der Waals surface area contributed by atoms with Gasteiger partial charge in [-0.1, -0.05) is 42.5 Å². The second kappa shape index (κ2) is 7.18. The number of aromatic nitrogens is 3. The smallest absolute Gasteiger partial charge is 0.226 e. The zero-order valence-electron chi connectivity index (χ0n) is 15.5. The second-order valence-corrected chi connectivity index (χ2v) is 8.45. The molecule has 0 fully saturated rings. The van der Waals surface area contributed by atoms with Gasteiger partial charge in [-0.05, 0) is 22.6 Å². The monoisotopic (exact) mass is 414 g/mol. The van der Waals surface area contributed by atoms with Crippen LogP contribution in [-0.2, 0) is 19.5 Å². The minimum atomic E-state index is -4.36. The van der Waals surface area contributed by atoms with Crippen LogP contribution in [0.2, 0.25) is 0 Å². The lowest BCUT2D eigenvalue weighted by molar-refractivity contribution is 0.0539. The molecule has 2 aromatic heterocycles. The largest absolute Gasteiger partial charge is 0.376 e. The number of aromatic amines is 1. The third-order valence-corrected chi connectivity index (χ3v) is 6.88. The van der Waals surface area contributed by atoms with Crippen molar-refractivity contribution in [3.05, 3.63) is 72.1 Å². The summed E-state index contributed by atoms with van der Waals surface area (Å²) in [5, 5.41) is 14.8. The maximum atomic E-state index is 14.1. The molecule has 3 N–H and O–H groups in total. The van der Waals surface area contributed by atoms with E-state index in [9.17, 15) is 12.8 Å². The molecule has 9 heteroatoms. The van der Waals surface area contributed by atoms with Crippen LogP contribution in [-0.4, -0.2) is 43.5 Å². The van der Waals surface area contributed by atoms with Crippen molar-refractivity contribution in [2.75, 3.05) is 13.8 Å². The number of H-pyrrole nitrogens is 1. The van der Waals surface area contributed by atoms with Crippen LogP contribution in [0, 0.1) is 0 Å². The van der Waals surface area contributed by atoms with Crippen molar-refractivity contribution in [2.45, 2.75) is 10.9 Å². The van der Waals surface area contributed by atoms with Crippen LogP contribution < -0.4 is 5.14 Å². The Kier molecular flexibility index (Phi) is 4.81. The molecule has 0 radical (unpaired) electrons. The summed E-state index contributed by atoms with van der Waals surface area (Å²) in [5.74, 6) is 0. The summed E-state index contributed by atoms with van der Waals surface area (Å²) in [6.07, 6.45) is 1.91. The molecule has 0 saturated heterocycles. The zero-order valence-corrected chi connectivity index (χ0v) is 16.4. The van der Waals surface area contributed by atoms with E-state index in [1.54, 1.807) is 60.9 Å². The number of benzene rings is 2. The third kappa shape index (κ3) is 2.89. The SMILES string of the molecule is COC(CF)C(c1ccccc1)(c1ccc2c(cnc3[nH]ncc32)c1)S(N)(=O)=O. The van der Waals surface area contributed by atoms with Gasteiger partial charge in [0, 0.05) is 24.1 Å². The van der Waals surface area contributed by atoms with Gasteiger partial charge in [0.05, 0.1) is 6.20 Å². The van der Waals surface area contributed by atoms with E-state index in [0.29, 0.717) is 22.2 Å². The number of nitrogens with one attached hydrogen (secondary N) is 1. The fourth-order valence-electron chi connectivity index (χ4n) is 3.93. The van der Waals surface area contributed by atoms with E-state index >= 15 is 0 Å². The van der Waals surface area contributed by atoms with Gasteiger partial charge in [0.1, 0.15) is 12.8 Å². The van der Waals surface area contributed by atoms with Crippen LogP contribution in [0.3, 0.4) is 0 Å². The van der Waals surface area contributed by atoms with Crippen molar-refractivity contribution in [3.63, 3.8) is 0 Å². The maximum absolute atomic E-state index is 14.1. The Hall–Kier alpha value is -2.88. The number of primary sulfonamides is 1. The molecule has 4 aromatic rings. The van der Waals surface area contributed by atoms with Crippen LogP contribution in [0.5, 0.6) is 0 Å². The lowest BCUT2D eigenvalue weighted by atomic mass is 9.84. The molecule has 0 saturated carbocycles. The number of sulfonamides is 1. The van der Waals surface area contributed by atoms with Gasteiger partial charge in [-0.2, -0.15) is 5.10 Å². The molecule has 0 aliphatic rings. The summed E-state index contributed by atoms with van der Waals surface area (Å²) in [4.78, 5) is 4.31. The highest BCUT2D eigenvalue weighted by molar-refractivity contribution is 7.90. The Morgan fingerprint density at radius 1 is 1.14 bits per heavy atom. The van der Waals surface area contributed by atoms with Gasteiger partial charge < -0.3 is 4.74 Å². The van der Waals surface area contributed by atoms with Crippen LogP contribution in [0.4, 0.5) is 4.39 Å². The Morgan fingerprint density at radius 3 is 2.55 bits per heavy atom.